The van der Waals surface area contributed by atoms with Crippen molar-refractivity contribution in [2.24, 2.45) is 23.2 Å². The van der Waals surface area contributed by atoms with Gasteiger partial charge in [-0.1, -0.05) is 19.1 Å². The average molecular weight is 464 g/mol. The lowest BCUT2D eigenvalue weighted by atomic mass is 9.45. The minimum atomic E-state index is -4.28. The molecular weight excluding hydrogens is 434 g/mol. The zero-order valence-corrected chi connectivity index (χ0v) is 19.1. The van der Waals surface area contributed by atoms with Gasteiger partial charge < -0.3 is 4.90 Å². The van der Waals surface area contributed by atoms with Crippen molar-refractivity contribution in [2.45, 2.75) is 45.7 Å². The molecule has 0 N–H and O–H groups in total. The third-order valence-corrected chi connectivity index (χ3v) is 7.92. The number of rotatable bonds is 6. The predicted octanol–water partition coefficient (Wildman–Crippen LogP) is 5.49. The van der Waals surface area contributed by atoms with Crippen LogP contribution in [-0.2, 0) is 11.2 Å². The molecule has 33 heavy (non-hydrogen) atoms. The van der Waals surface area contributed by atoms with Gasteiger partial charge in [0.05, 0.1) is 18.3 Å². The summed E-state index contributed by atoms with van der Waals surface area (Å²) in [5.41, 5.74) is 3.60. The number of fused-ring (bicyclic) bond motifs is 1. The fourth-order valence-electron chi connectivity index (χ4n) is 6.03. The maximum Gasteiger partial charge on any atom is 0.390 e. The number of allylic oxidation sites excluding steroid dienone is 1. The molecule has 2 saturated carbocycles. The number of halogens is 4. The summed E-state index contributed by atoms with van der Waals surface area (Å²) in [5.74, 6) is -0.774. The van der Waals surface area contributed by atoms with Crippen LogP contribution in [0.25, 0.3) is 5.69 Å². The summed E-state index contributed by atoms with van der Waals surface area (Å²) in [6.45, 7) is 7.99. The molecule has 1 amide bonds. The Labute approximate surface area is 191 Å². The average Bonchev–Trinajstić information content (AvgIpc) is 3.25. The Morgan fingerprint density at radius 1 is 1.30 bits per heavy atom. The second-order valence-corrected chi connectivity index (χ2v) is 9.55. The molecule has 8 heteroatoms. The number of hydrogen-bond donors (Lipinski definition) is 0. The molecule has 2 unspecified atom stereocenters. The van der Waals surface area contributed by atoms with Gasteiger partial charge in [-0.25, -0.2) is 9.07 Å². The molecule has 1 heterocycles. The summed E-state index contributed by atoms with van der Waals surface area (Å²) < 4.78 is 53.0. The van der Waals surface area contributed by atoms with Gasteiger partial charge >= 0.3 is 6.18 Å². The van der Waals surface area contributed by atoms with Crippen LogP contribution in [0.5, 0.6) is 0 Å². The van der Waals surface area contributed by atoms with E-state index in [1.54, 1.807) is 16.8 Å². The third kappa shape index (κ3) is 3.97. The first-order valence-electron chi connectivity index (χ1n) is 11.2. The van der Waals surface area contributed by atoms with E-state index in [1.807, 2.05) is 20.0 Å². The van der Waals surface area contributed by atoms with Crippen LogP contribution in [0.1, 0.15) is 37.4 Å². The molecule has 1 aromatic carbocycles. The maximum absolute atomic E-state index is 13.3. The monoisotopic (exact) mass is 463 g/mol. The summed E-state index contributed by atoms with van der Waals surface area (Å²) in [4.78, 5) is 14.3. The molecule has 4 atom stereocenters. The molecule has 2 aromatic rings. The molecule has 0 aliphatic heterocycles. The Kier molecular flexibility index (Phi) is 5.91. The number of carbonyl (C=O) groups excluding carboxylic acids is 1. The van der Waals surface area contributed by atoms with Crippen molar-refractivity contribution >= 4 is 5.91 Å². The zero-order valence-electron chi connectivity index (χ0n) is 19.1. The lowest BCUT2D eigenvalue weighted by molar-refractivity contribution is -0.161. The first-order chi connectivity index (χ1) is 15.5. The summed E-state index contributed by atoms with van der Waals surface area (Å²) in [7, 11) is 1.46. The minimum absolute atomic E-state index is 0.0214. The van der Waals surface area contributed by atoms with E-state index in [1.165, 1.54) is 24.1 Å². The Bertz CT molecular complexity index is 1060. The number of aromatic nitrogens is 2. The highest BCUT2D eigenvalue weighted by Gasteiger charge is 2.65. The van der Waals surface area contributed by atoms with Crippen LogP contribution in [0.3, 0.4) is 0 Å². The smallest absolute Gasteiger partial charge is 0.345 e. The van der Waals surface area contributed by atoms with Crippen molar-refractivity contribution in [3.05, 3.63) is 59.7 Å². The highest BCUT2D eigenvalue weighted by molar-refractivity contribution is 5.81. The molecule has 0 saturated heterocycles. The van der Waals surface area contributed by atoms with Gasteiger partial charge in [0.2, 0.25) is 5.91 Å². The molecule has 2 fully saturated rings. The number of nitrogens with zero attached hydrogens (tertiary/aromatic N) is 3. The van der Waals surface area contributed by atoms with Crippen molar-refractivity contribution in [3.63, 3.8) is 0 Å². The Morgan fingerprint density at radius 3 is 2.61 bits per heavy atom. The van der Waals surface area contributed by atoms with E-state index >= 15 is 0 Å². The molecule has 178 valence electrons. The number of amides is 1. The number of hydrogen-bond acceptors (Lipinski definition) is 2. The molecular formula is C25H29F4N3O. The van der Waals surface area contributed by atoms with Gasteiger partial charge in [-0.15, -0.1) is 0 Å². The lowest BCUT2D eigenvalue weighted by Gasteiger charge is -2.58. The van der Waals surface area contributed by atoms with Gasteiger partial charge in [-0.2, -0.15) is 18.3 Å². The van der Waals surface area contributed by atoms with Crippen LogP contribution in [0.2, 0.25) is 0 Å². The van der Waals surface area contributed by atoms with E-state index in [9.17, 15) is 22.4 Å². The molecule has 1 aromatic heterocycles. The Morgan fingerprint density at radius 2 is 1.97 bits per heavy atom. The van der Waals surface area contributed by atoms with Gasteiger partial charge in [0, 0.05) is 30.6 Å². The SMILES string of the molecule is C=C1CCC2[C@H](C(=O)N(C)CCC(F)(F)F)C(C)[C@]12Cc1cnn(-c2ccc(F)cc2)c1C. The van der Waals surface area contributed by atoms with E-state index < -0.39 is 12.6 Å². The highest BCUT2D eigenvalue weighted by Crippen LogP contribution is 2.68. The number of carbonyl (C=O) groups is 1. The Balaban J connectivity index is 1.54. The third-order valence-electron chi connectivity index (χ3n) is 7.92. The van der Waals surface area contributed by atoms with Crippen LogP contribution < -0.4 is 0 Å². The normalized spacial score (nSPS) is 26.8. The summed E-state index contributed by atoms with van der Waals surface area (Å²) in [5, 5.41) is 4.50. The van der Waals surface area contributed by atoms with Crippen molar-refractivity contribution in [2.75, 3.05) is 13.6 Å². The second-order valence-electron chi connectivity index (χ2n) is 9.55. The first kappa shape index (κ1) is 23.5. The first-order valence-corrected chi connectivity index (χ1v) is 11.2. The van der Waals surface area contributed by atoms with Gasteiger partial charge in [0.1, 0.15) is 5.82 Å². The highest BCUT2D eigenvalue weighted by atomic mass is 19.4. The van der Waals surface area contributed by atoms with E-state index in [0.717, 1.165) is 35.4 Å². The van der Waals surface area contributed by atoms with Crippen LogP contribution in [0.4, 0.5) is 17.6 Å². The largest absolute Gasteiger partial charge is 0.390 e. The maximum atomic E-state index is 13.3. The van der Waals surface area contributed by atoms with Gasteiger partial charge in [0.15, 0.2) is 0 Å². The molecule has 4 nitrogen and oxygen atoms in total. The van der Waals surface area contributed by atoms with Crippen molar-refractivity contribution in [1.29, 1.82) is 0 Å². The zero-order chi connectivity index (χ0) is 24.1. The van der Waals surface area contributed by atoms with Crippen LogP contribution >= 0.6 is 0 Å². The molecule has 0 radical (unpaired) electrons. The second kappa shape index (κ2) is 8.29. The minimum Gasteiger partial charge on any atom is -0.345 e. The van der Waals surface area contributed by atoms with E-state index in [4.69, 9.17) is 0 Å². The van der Waals surface area contributed by atoms with Gasteiger partial charge in [-0.05, 0) is 67.9 Å². The van der Waals surface area contributed by atoms with E-state index in [0.29, 0.717) is 6.42 Å². The topological polar surface area (TPSA) is 38.1 Å². The van der Waals surface area contributed by atoms with Gasteiger partial charge in [-0.3, -0.25) is 4.79 Å². The summed E-state index contributed by atoms with van der Waals surface area (Å²) >= 11 is 0. The number of alkyl halides is 3. The van der Waals surface area contributed by atoms with Crippen molar-refractivity contribution < 1.29 is 22.4 Å². The summed E-state index contributed by atoms with van der Waals surface area (Å²) in [6, 6.07) is 6.13. The predicted molar refractivity (Wildman–Crippen MR) is 117 cm³/mol. The quantitative estimate of drug-likeness (QED) is 0.420. The van der Waals surface area contributed by atoms with Crippen molar-refractivity contribution in [1.82, 2.24) is 14.7 Å². The fourth-order valence-corrected chi connectivity index (χ4v) is 6.03. The molecule has 0 spiro atoms. The standard InChI is InChI=1S/C25H29F4N3O/c1-15-5-10-21-22(23(33)31(4)12-11-25(27,28)29)16(2)24(15,21)13-18-14-30-32(17(18)3)20-8-6-19(26)7-9-20/h6-9,14,16,21-22H,1,5,10-13H2,2-4H3/t16?,21?,22-,24+/m1/s1. The van der Waals surface area contributed by atoms with Crippen LogP contribution in [0, 0.1) is 35.9 Å². The van der Waals surface area contributed by atoms with Gasteiger partial charge in [0.25, 0.3) is 0 Å². The molecule has 2 aliphatic rings. The molecule has 4 rings (SSSR count). The molecule has 2 aliphatic carbocycles. The summed E-state index contributed by atoms with van der Waals surface area (Å²) in [6.07, 6.45) is -1.16. The fraction of sp³-hybridized carbons (Fsp3) is 0.520. The van der Waals surface area contributed by atoms with Crippen LogP contribution in [-0.4, -0.2) is 40.4 Å². The van der Waals surface area contributed by atoms with Crippen molar-refractivity contribution in [3.8, 4) is 5.69 Å². The van der Waals surface area contributed by atoms with Crippen LogP contribution in [0.15, 0.2) is 42.6 Å². The van der Waals surface area contributed by atoms with E-state index in [2.05, 4.69) is 11.7 Å². The Hall–Kier alpha value is -2.64. The number of benzene rings is 1. The lowest BCUT2D eigenvalue weighted by Crippen LogP contribution is -2.60. The molecule has 0 bridgehead atoms. The van der Waals surface area contributed by atoms with E-state index in [-0.39, 0.29) is 41.4 Å².